The number of thioether (sulfide) groups is 1. The zero-order valence-corrected chi connectivity index (χ0v) is 10.1. The molecule has 1 aromatic carbocycles. The third-order valence-electron chi connectivity index (χ3n) is 1.99. The van der Waals surface area contributed by atoms with Crippen molar-refractivity contribution in [3.05, 3.63) is 24.3 Å². The van der Waals surface area contributed by atoms with Crippen LogP contribution in [-0.2, 0) is 0 Å². The Morgan fingerprint density at radius 3 is 2.81 bits per heavy atom. The number of benzene rings is 1. The molecular formula is C10H13ClN2O2S. The van der Waals surface area contributed by atoms with Crippen molar-refractivity contribution in [2.24, 2.45) is 5.73 Å². The Balaban J connectivity index is 0.00000128. The van der Waals surface area contributed by atoms with Crippen LogP contribution in [-0.4, -0.2) is 23.6 Å². The van der Waals surface area contributed by atoms with E-state index in [1.165, 1.54) is 11.8 Å². The van der Waals surface area contributed by atoms with Gasteiger partial charge in [0.2, 0.25) is 0 Å². The van der Waals surface area contributed by atoms with Crippen LogP contribution in [0.15, 0.2) is 24.3 Å². The average Bonchev–Trinajstić information content (AvgIpc) is 2.26. The minimum absolute atomic E-state index is 0. The molecule has 0 saturated heterocycles. The number of hydrogen-bond acceptors (Lipinski definition) is 4. The van der Waals surface area contributed by atoms with E-state index in [2.05, 4.69) is 0 Å². The summed E-state index contributed by atoms with van der Waals surface area (Å²) in [4.78, 5) is 0. The highest BCUT2D eigenvalue weighted by Gasteiger charge is 2.20. The molecule has 1 aliphatic heterocycles. The molecule has 0 saturated carbocycles. The van der Waals surface area contributed by atoms with Crippen LogP contribution in [0.5, 0.6) is 11.5 Å². The van der Waals surface area contributed by atoms with E-state index in [1.807, 2.05) is 24.3 Å². The fourth-order valence-electron chi connectivity index (χ4n) is 1.33. The molecule has 0 spiro atoms. The van der Waals surface area contributed by atoms with Crippen molar-refractivity contribution < 1.29 is 9.47 Å². The van der Waals surface area contributed by atoms with E-state index < -0.39 is 0 Å². The number of rotatable bonds is 2. The van der Waals surface area contributed by atoms with Crippen molar-refractivity contribution in [3.63, 3.8) is 0 Å². The van der Waals surface area contributed by atoms with Gasteiger partial charge in [0.1, 0.15) is 12.7 Å². The summed E-state index contributed by atoms with van der Waals surface area (Å²) in [6.07, 6.45) is -0.0335. The lowest BCUT2D eigenvalue weighted by molar-refractivity contribution is 0.107. The van der Waals surface area contributed by atoms with Gasteiger partial charge in [-0.2, -0.15) is 0 Å². The molecule has 1 aromatic rings. The maximum atomic E-state index is 7.10. The van der Waals surface area contributed by atoms with Gasteiger partial charge in [-0.3, -0.25) is 5.41 Å². The zero-order valence-electron chi connectivity index (χ0n) is 8.51. The summed E-state index contributed by atoms with van der Waals surface area (Å²) in [6, 6.07) is 7.57. The zero-order chi connectivity index (χ0) is 10.7. The lowest BCUT2D eigenvalue weighted by Crippen LogP contribution is -2.32. The van der Waals surface area contributed by atoms with Gasteiger partial charge >= 0.3 is 0 Å². The van der Waals surface area contributed by atoms with Crippen molar-refractivity contribution >= 4 is 29.3 Å². The molecule has 1 atom stereocenters. The first-order chi connectivity index (χ1) is 7.25. The van der Waals surface area contributed by atoms with Crippen molar-refractivity contribution in [1.82, 2.24) is 0 Å². The highest BCUT2D eigenvalue weighted by molar-refractivity contribution is 8.13. The Hall–Kier alpha value is -1.07. The van der Waals surface area contributed by atoms with Crippen LogP contribution in [0.1, 0.15) is 0 Å². The number of halogens is 1. The summed E-state index contributed by atoms with van der Waals surface area (Å²) < 4.78 is 11.2. The topological polar surface area (TPSA) is 68.3 Å². The number of nitrogens with one attached hydrogen (secondary N) is 1. The number of nitrogens with two attached hydrogens (primary N) is 1. The van der Waals surface area contributed by atoms with Gasteiger partial charge in [0.05, 0.1) is 0 Å². The van der Waals surface area contributed by atoms with Crippen LogP contribution in [0.4, 0.5) is 0 Å². The molecule has 1 unspecified atom stereocenters. The first kappa shape index (κ1) is 13.0. The molecule has 16 heavy (non-hydrogen) atoms. The number of para-hydroxylation sites is 2. The molecule has 88 valence electrons. The first-order valence-corrected chi connectivity index (χ1v) is 5.59. The molecule has 4 nitrogen and oxygen atoms in total. The largest absolute Gasteiger partial charge is 0.486 e. The van der Waals surface area contributed by atoms with Gasteiger partial charge in [-0.05, 0) is 12.1 Å². The van der Waals surface area contributed by atoms with E-state index in [0.29, 0.717) is 12.4 Å². The summed E-state index contributed by atoms with van der Waals surface area (Å²) in [7, 11) is 0. The Kier molecular flexibility index (Phi) is 4.76. The molecule has 3 N–H and O–H groups in total. The minimum atomic E-state index is -0.0335. The molecule has 0 bridgehead atoms. The van der Waals surface area contributed by atoms with Gasteiger partial charge in [-0.25, -0.2) is 0 Å². The fraction of sp³-hybridized carbons (Fsp3) is 0.300. The molecule has 6 heteroatoms. The van der Waals surface area contributed by atoms with E-state index in [4.69, 9.17) is 20.6 Å². The predicted molar refractivity (Wildman–Crippen MR) is 68.0 cm³/mol. The molecule has 1 aliphatic rings. The predicted octanol–water partition coefficient (Wildman–Crippen LogP) is 1.87. The second kappa shape index (κ2) is 5.86. The monoisotopic (exact) mass is 260 g/mol. The van der Waals surface area contributed by atoms with E-state index in [1.54, 1.807) is 0 Å². The van der Waals surface area contributed by atoms with E-state index >= 15 is 0 Å². The maximum Gasteiger partial charge on any atom is 0.161 e. The van der Waals surface area contributed by atoms with E-state index in [9.17, 15) is 0 Å². The Morgan fingerprint density at radius 1 is 1.44 bits per heavy atom. The molecule has 0 fully saturated rings. The number of fused-ring (bicyclic) bond motifs is 1. The van der Waals surface area contributed by atoms with Crippen LogP contribution in [0.25, 0.3) is 0 Å². The van der Waals surface area contributed by atoms with E-state index in [-0.39, 0.29) is 23.7 Å². The smallest absolute Gasteiger partial charge is 0.161 e. The van der Waals surface area contributed by atoms with Gasteiger partial charge in [-0.1, -0.05) is 23.9 Å². The summed E-state index contributed by atoms with van der Waals surface area (Å²) in [5.41, 5.74) is 5.25. The fourth-order valence-corrected chi connectivity index (χ4v) is 1.86. The normalized spacial score (nSPS) is 17.4. The highest BCUT2D eigenvalue weighted by Crippen LogP contribution is 2.31. The van der Waals surface area contributed by atoms with Crippen molar-refractivity contribution in [2.45, 2.75) is 6.10 Å². The van der Waals surface area contributed by atoms with Crippen molar-refractivity contribution in [3.8, 4) is 11.5 Å². The molecule has 0 aromatic heterocycles. The van der Waals surface area contributed by atoms with Gasteiger partial charge < -0.3 is 15.2 Å². The first-order valence-electron chi connectivity index (χ1n) is 4.61. The van der Waals surface area contributed by atoms with E-state index in [0.717, 1.165) is 11.5 Å². The van der Waals surface area contributed by atoms with Gasteiger partial charge in [-0.15, -0.1) is 12.4 Å². The maximum absolute atomic E-state index is 7.10. The molecule has 0 amide bonds. The number of ether oxygens (including phenoxy) is 2. The van der Waals surface area contributed by atoms with Crippen LogP contribution >= 0.6 is 24.2 Å². The third-order valence-corrected chi connectivity index (χ3v) is 2.84. The number of hydrogen-bond donors (Lipinski definition) is 2. The Morgan fingerprint density at radius 2 is 2.12 bits per heavy atom. The lowest BCUT2D eigenvalue weighted by atomic mass is 10.3. The average molecular weight is 261 g/mol. The lowest BCUT2D eigenvalue weighted by Gasteiger charge is -2.25. The summed E-state index contributed by atoms with van der Waals surface area (Å²) in [5, 5.41) is 7.21. The second-order valence-corrected chi connectivity index (χ2v) is 4.23. The Bertz CT molecular complexity index is 376. The Labute approximate surface area is 104 Å². The van der Waals surface area contributed by atoms with Crippen LogP contribution in [0.3, 0.4) is 0 Å². The summed E-state index contributed by atoms with van der Waals surface area (Å²) in [6.45, 7) is 0.511. The third kappa shape index (κ3) is 3.21. The molecule has 0 radical (unpaired) electrons. The second-order valence-electron chi connectivity index (χ2n) is 3.17. The van der Waals surface area contributed by atoms with Crippen LogP contribution < -0.4 is 15.2 Å². The SMILES string of the molecule is Cl.N=C(N)SCC1COc2ccccc2O1. The van der Waals surface area contributed by atoms with Gasteiger partial charge in [0.25, 0.3) is 0 Å². The van der Waals surface area contributed by atoms with Crippen LogP contribution in [0.2, 0.25) is 0 Å². The van der Waals surface area contributed by atoms with Gasteiger partial charge in [0, 0.05) is 5.75 Å². The molecule has 0 aliphatic carbocycles. The highest BCUT2D eigenvalue weighted by atomic mass is 35.5. The standard InChI is InChI=1S/C10H12N2O2S.ClH/c11-10(12)15-6-7-5-13-8-3-1-2-4-9(8)14-7;/h1-4,7H,5-6H2,(H3,11,12);1H. The molecule has 2 rings (SSSR count). The van der Waals surface area contributed by atoms with Crippen molar-refractivity contribution in [1.29, 1.82) is 5.41 Å². The van der Waals surface area contributed by atoms with Gasteiger partial charge in [0.15, 0.2) is 16.7 Å². The summed E-state index contributed by atoms with van der Waals surface area (Å²) >= 11 is 1.27. The minimum Gasteiger partial charge on any atom is -0.486 e. The molecule has 1 heterocycles. The number of amidine groups is 1. The summed E-state index contributed by atoms with van der Waals surface area (Å²) in [5.74, 6) is 2.18. The molecular weight excluding hydrogens is 248 g/mol. The van der Waals surface area contributed by atoms with Crippen LogP contribution in [0, 0.1) is 5.41 Å². The van der Waals surface area contributed by atoms with Crippen molar-refractivity contribution in [2.75, 3.05) is 12.4 Å². The quantitative estimate of drug-likeness (QED) is 0.629.